The number of hydrogen-bond acceptors (Lipinski definition) is 4. The minimum absolute atomic E-state index is 0.122. The van der Waals surface area contributed by atoms with Crippen molar-refractivity contribution in [2.75, 3.05) is 18.9 Å². The summed E-state index contributed by atoms with van der Waals surface area (Å²) in [7, 11) is 0. The summed E-state index contributed by atoms with van der Waals surface area (Å²) in [6.07, 6.45) is 0. The Balaban J connectivity index is 2.05. The molecule has 1 fully saturated rings. The summed E-state index contributed by atoms with van der Waals surface area (Å²) < 4.78 is 5.07. The van der Waals surface area contributed by atoms with E-state index in [9.17, 15) is 9.59 Å². The lowest BCUT2D eigenvalue weighted by atomic mass is 10.0. The van der Waals surface area contributed by atoms with Gasteiger partial charge in [0.05, 0.1) is 19.3 Å². The number of carbonyl (C=O) groups is 2. The fraction of sp³-hybridized carbons (Fsp3) is 0.333. The van der Waals surface area contributed by atoms with Crippen molar-refractivity contribution in [2.45, 2.75) is 6.04 Å². The number of nitrogen functional groups attached to an aromatic ring is 1. The standard InChI is InChI=1S/C12H14N2O4/c13-8-3-1-2-7(4-8)11(15)14-10-6-18-5-9(10)12(16)17/h1-4,9-10H,5-6,13H2,(H,14,15)(H,16,17). The Kier molecular flexibility index (Phi) is 3.47. The van der Waals surface area contributed by atoms with Gasteiger partial charge in [-0.25, -0.2) is 0 Å². The van der Waals surface area contributed by atoms with E-state index in [0.29, 0.717) is 11.3 Å². The van der Waals surface area contributed by atoms with Gasteiger partial charge in [-0.2, -0.15) is 0 Å². The minimum Gasteiger partial charge on any atom is -0.481 e. The zero-order valence-corrected chi connectivity index (χ0v) is 9.63. The highest BCUT2D eigenvalue weighted by molar-refractivity contribution is 5.95. The number of hydrogen-bond donors (Lipinski definition) is 3. The highest BCUT2D eigenvalue weighted by Crippen LogP contribution is 2.15. The zero-order chi connectivity index (χ0) is 13.1. The molecule has 6 nitrogen and oxygen atoms in total. The van der Waals surface area contributed by atoms with Gasteiger partial charge in [0.2, 0.25) is 0 Å². The van der Waals surface area contributed by atoms with E-state index in [1.807, 2.05) is 0 Å². The number of anilines is 1. The van der Waals surface area contributed by atoms with Crippen LogP contribution in [-0.2, 0) is 9.53 Å². The Hall–Kier alpha value is -2.08. The second-order valence-electron chi connectivity index (χ2n) is 4.19. The van der Waals surface area contributed by atoms with Crippen molar-refractivity contribution in [1.29, 1.82) is 0 Å². The summed E-state index contributed by atoms with van der Waals surface area (Å²) in [5.74, 6) is -2.01. The van der Waals surface area contributed by atoms with E-state index in [4.69, 9.17) is 15.6 Å². The number of carboxylic acids is 1. The van der Waals surface area contributed by atoms with Gasteiger partial charge in [-0.1, -0.05) is 6.07 Å². The molecule has 0 saturated carbocycles. The lowest BCUT2D eigenvalue weighted by Gasteiger charge is -2.15. The van der Waals surface area contributed by atoms with Gasteiger partial charge >= 0.3 is 5.97 Å². The highest BCUT2D eigenvalue weighted by Gasteiger charge is 2.35. The fourth-order valence-corrected chi connectivity index (χ4v) is 1.87. The molecule has 1 aromatic rings. The molecule has 6 heteroatoms. The van der Waals surface area contributed by atoms with Crippen LogP contribution in [0.3, 0.4) is 0 Å². The molecule has 0 aliphatic carbocycles. The molecule has 1 aromatic carbocycles. The second kappa shape index (κ2) is 5.05. The van der Waals surface area contributed by atoms with E-state index in [2.05, 4.69) is 5.32 Å². The molecule has 18 heavy (non-hydrogen) atoms. The summed E-state index contributed by atoms with van der Waals surface area (Å²) in [5, 5.41) is 11.6. The molecular weight excluding hydrogens is 236 g/mol. The first-order chi connectivity index (χ1) is 8.58. The fourth-order valence-electron chi connectivity index (χ4n) is 1.87. The minimum atomic E-state index is -0.967. The van der Waals surface area contributed by atoms with Crippen molar-refractivity contribution < 1.29 is 19.4 Å². The van der Waals surface area contributed by atoms with Gasteiger partial charge in [0, 0.05) is 11.3 Å². The SMILES string of the molecule is Nc1cccc(C(=O)NC2COCC2C(=O)O)c1. The highest BCUT2D eigenvalue weighted by atomic mass is 16.5. The number of aliphatic carboxylic acids is 1. The monoisotopic (exact) mass is 250 g/mol. The van der Waals surface area contributed by atoms with E-state index in [1.54, 1.807) is 24.3 Å². The van der Waals surface area contributed by atoms with Gasteiger partial charge in [-0.3, -0.25) is 9.59 Å². The van der Waals surface area contributed by atoms with Crippen LogP contribution in [-0.4, -0.2) is 36.2 Å². The van der Waals surface area contributed by atoms with Crippen LogP contribution in [0.4, 0.5) is 5.69 Å². The van der Waals surface area contributed by atoms with Crippen LogP contribution in [0.25, 0.3) is 0 Å². The Morgan fingerprint density at radius 3 is 2.83 bits per heavy atom. The maximum absolute atomic E-state index is 11.9. The van der Waals surface area contributed by atoms with Gasteiger partial charge in [-0.05, 0) is 18.2 Å². The topological polar surface area (TPSA) is 102 Å². The number of rotatable bonds is 3. The smallest absolute Gasteiger partial charge is 0.311 e. The molecule has 1 amide bonds. The van der Waals surface area contributed by atoms with Gasteiger partial charge in [0.25, 0.3) is 5.91 Å². The van der Waals surface area contributed by atoms with Crippen LogP contribution in [0.1, 0.15) is 10.4 Å². The molecule has 2 atom stereocenters. The van der Waals surface area contributed by atoms with E-state index >= 15 is 0 Å². The Bertz CT molecular complexity index is 475. The summed E-state index contributed by atoms with van der Waals surface area (Å²) in [4.78, 5) is 22.8. The first-order valence-electron chi connectivity index (χ1n) is 5.55. The van der Waals surface area contributed by atoms with Gasteiger partial charge < -0.3 is 20.9 Å². The number of ether oxygens (including phenoxy) is 1. The summed E-state index contributed by atoms with van der Waals surface area (Å²) in [6, 6.07) is 6.01. The number of nitrogens with one attached hydrogen (secondary N) is 1. The summed E-state index contributed by atoms with van der Waals surface area (Å²) in [6.45, 7) is 0.336. The maximum Gasteiger partial charge on any atom is 0.311 e. The molecule has 1 heterocycles. The quantitative estimate of drug-likeness (QED) is 0.660. The number of nitrogens with two attached hydrogens (primary N) is 1. The van der Waals surface area contributed by atoms with Crippen molar-refractivity contribution in [2.24, 2.45) is 5.92 Å². The van der Waals surface area contributed by atoms with Crippen LogP contribution in [0.15, 0.2) is 24.3 Å². The largest absolute Gasteiger partial charge is 0.481 e. The molecule has 1 aliphatic rings. The average Bonchev–Trinajstić information content (AvgIpc) is 2.77. The molecule has 2 unspecified atom stereocenters. The third-order valence-corrected chi connectivity index (χ3v) is 2.86. The van der Waals surface area contributed by atoms with Crippen molar-refractivity contribution >= 4 is 17.6 Å². The second-order valence-corrected chi connectivity index (χ2v) is 4.19. The number of amides is 1. The number of carboxylic acid groups (broad SMARTS) is 1. The molecule has 0 spiro atoms. The number of benzene rings is 1. The van der Waals surface area contributed by atoms with E-state index in [0.717, 1.165) is 0 Å². The maximum atomic E-state index is 11.9. The van der Waals surface area contributed by atoms with Gasteiger partial charge in [0.1, 0.15) is 5.92 Å². The molecular formula is C12H14N2O4. The van der Waals surface area contributed by atoms with Crippen LogP contribution >= 0.6 is 0 Å². The molecule has 0 aromatic heterocycles. The summed E-state index contributed by atoms with van der Waals surface area (Å²) in [5.41, 5.74) is 6.48. The van der Waals surface area contributed by atoms with Crippen LogP contribution in [0.5, 0.6) is 0 Å². The molecule has 4 N–H and O–H groups in total. The van der Waals surface area contributed by atoms with Crippen LogP contribution < -0.4 is 11.1 Å². The van der Waals surface area contributed by atoms with E-state index in [1.165, 1.54) is 0 Å². The van der Waals surface area contributed by atoms with Crippen molar-refractivity contribution in [1.82, 2.24) is 5.32 Å². The van der Waals surface area contributed by atoms with Crippen molar-refractivity contribution in [3.8, 4) is 0 Å². The van der Waals surface area contributed by atoms with E-state index < -0.39 is 17.9 Å². The van der Waals surface area contributed by atoms with Crippen LogP contribution in [0, 0.1) is 5.92 Å². The third kappa shape index (κ3) is 2.60. The van der Waals surface area contributed by atoms with Crippen molar-refractivity contribution in [3.63, 3.8) is 0 Å². The van der Waals surface area contributed by atoms with Crippen molar-refractivity contribution in [3.05, 3.63) is 29.8 Å². The number of carbonyl (C=O) groups excluding carboxylic acids is 1. The normalized spacial score (nSPS) is 22.7. The van der Waals surface area contributed by atoms with E-state index in [-0.39, 0.29) is 19.1 Å². The Labute approximate surface area is 104 Å². The lowest BCUT2D eigenvalue weighted by Crippen LogP contribution is -2.42. The predicted octanol–water partition coefficient (Wildman–Crippen LogP) is 0.0982. The molecule has 2 rings (SSSR count). The lowest BCUT2D eigenvalue weighted by molar-refractivity contribution is -0.142. The Morgan fingerprint density at radius 2 is 2.17 bits per heavy atom. The molecule has 0 radical (unpaired) electrons. The molecule has 0 bridgehead atoms. The predicted molar refractivity (Wildman–Crippen MR) is 64.1 cm³/mol. The molecule has 1 aliphatic heterocycles. The van der Waals surface area contributed by atoms with Gasteiger partial charge in [-0.15, -0.1) is 0 Å². The average molecular weight is 250 g/mol. The zero-order valence-electron chi connectivity index (χ0n) is 9.63. The first kappa shape index (κ1) is 12.4. The first-order valence-corrected chi connectivity index (χ1v) is 5.55. The van der Waals surface area contributed by atoms with Gasteiger partial charge in [0.15, 0.2) is 0 Å². The Morgan fingerprint density at radius 1 is 1.39 bits per heavy atom. The third-order valence-electron chi connectivity index (χ3n) is 2.86. The van der Waals surface area contributed by atoms with Crippen LogP contribution in [0.2, 0.25) is 0 Å². The summed E-state index contributed by atoms with van der Waals surface area (Å²) >= 11 is 0. The molecule has 1 saturated heterocycles. The molecule has 96 valence electrons.